The highest BCUT2D eigenvalue weighted by molar-refractivity contribution is 5.21. The van der Waals surface area contributed by atoms with Gasteiger partial charge in [-0.2, -0.15) is 0 Å². The van der Waals surface area contributed by atoms with Crippen LogP contribution >= 0.6 is 0 Å². The molecule has 1 aliphatic carbocycles. The van der Waals surface area contributed by atoms with Crippen LogP contribution in [0, 0.1) is 0 Å². The van der Waals surface area contributed by atoms with Crippen LogP contribution in [0.1, 0.15) is 41.7 Å². The predicted octanol–water partition coefficient (Wildman–Crippen LogP) is 2.53. The summed E-state index contributed by atoms with van der Waals surface area (Å²) in [5.74, 6) is 0.950. The van der Waals surface area contributed by atoms with Gasteiger partial charge in [-0.05, 0) is 37.7 Å². The summed E-state index contributed by atoms with van der Waals surface area (Å²) in [5, 5.41) is 0. The maximum atomic E-state index is 6.25. The van der Waals surface area contributed by atoms with Crippen molar-refractivity contribution in [2.75, 3.05) is 0 Å². The van der Waals surface area contributed by atoms with Crippen LogP contribution in [-0.2, 0) is 19.3 Å². The summed E-state index contributed by atoms with van der Waals surface area (Å²) in [5.41, 5.74) is 10.0. The summed E-state index contributed by atoms with van der Waals surface area (Å²) in [6.07, 6.45) is 5.59. The highest BCUT2D eigenvalue weighted by atomic mass is 15.0. The third kappa shape index (κ3) is 2.31. The Morgan fingerprint density at radius 1 is 1.17 bits per heavy atom. The number of aryl methyl sites for hydroxylation is 2. The summed E-state index contributed by atoms with van der Waals surface area (Å²) in [7, 11) is 0. The van der Waals surface area contributed by atoms with Gasteiger partial charge in [0.2, 0.25) is 0 Å². The van der Waals surface area contributed by atoms with E-state index in [9.17, 15) is 0 Å². The molecule has 1 aromatic carbocycles. The number of nitrogens with one attached hydrogen (secondary N) is 1. The zero-order chi connectivity index (χ0) is 12.4. The van der Waals surface area contributed by atoms with Gasteiger partial charge in [0, 0.05) is 5.69 Å². The molecule has 3 rings (SSSR count). The number of hydrogen-bond acceptors (Lipinski definition) is 2. The lowest BCUT2D eigenvalue weighted by Crippen LogP contribution is -2.15. The average Bonchev–Trinajstić information content (AvgIpc) is 2.84. The summed E-state index contributed by atoms with van der Waals surface area (Å²) in [4.78, 5) is 8.08. The SMILES string of the molecule is N[C@H](Cc1ccccc1)c1nc2c([nH]1)CCCC2. The number of H-pyrrole nitrogens is 1. The molecule has 1 aliphatic rings. The van der Waals surface area contributed by atoms with Crippen LogP contribution in [0.15, 0.2) is 30.3 Å². The van der Waals surface area contributed by atoms with E-state index in [1.54, 1.807) is 0 Å². The third-order valence-electron chi connectivity index (χ3n) is 3.62. The third-order valence-corrected chi connectivity index (χ3v) is 3.62. The van der Waals surface area contributed by atoms with Crippen LogP contribution in [0.4, 0.5) is 0 Å². The number of hydrogen-bond donors (Lipinski definition) is 2. The van der Waals surface area contributed by atoms with Gasteiger partial charge in [0.1, 0.15) is 5.82 Å². The second-order valence-corrected chi connectivity index (χ2v) is 5.05. The molecule has 1 aromatic heterocycles. The molecule has 0 saturated heterocycles. The first-order chi connectivity index (χ1) is 8.83. The summed E-state index contributed by atoms with van der Waals surface area (Å²) in [6, 6.07) is 10.3. The molecule has 2 aromatic rings. The molecule has 0 radical (unpaired) electrons. The Bertz CT molecular complexity index is 492. The smallest absolute Gasteiger partial charge is 0.123 e. The van der Waals surface area contributed by atoms with E-state index in [1.165, 1.54) is 29.8 Å². The van der Waals surface area contributed by atoms with Gasteiger partial charge in [0.15, 0.2) is 0 Å². The molecule has 0 bridgehead atoms. The monoisotopic (exact) mass is 241 g/mol. The highest BCUT2D eigenvalue weighted by Gasteiger charge is 2.17. The summed E-state index contributed by atoms with van der Waals surface area (Å²) < 4.78 is 0. The predicted molar refractivity (Wildman–Crippen MR) is 72.3 cm³/mol. The lowest BCUT2D eigenvalue weighted by atomic mass is 10.0. The normalized spacial score (nSPS) is 16.3. The highest BCUT2D eigenvalue weighted by Crippen LogP contribution is 2.22. The zero-order valence-corrected chi connectivity index (χ0v) is 10.5. The Balaban J connectivity index is 1.76. The Morgan fingerprint density at radius 3 is 2.72 bits per heavy atom. The number of benzene rings is 1. The van der Waals surface area contributed by atoms with E-state index in [-0.39, 0.29) is 6.04 Å². The van der Waals surface area contributed by atoms with Gasteiger partial charge in [-0.25, -0.2) is 4.98 Å². The molecule has 0 unspecified atom stereocenters. The van der Waals surface area contributed by atoms with Crippen LogP contribution in [0.25, 0.3) is 0 Å². The molecule has 18 heavy (non-hydrogen) atoms. The molecule has 0 saturated carbocycles. The number of imidazole rings is 1. The number of fused-ring (bicyclic) bond motifs is 1. The van der Waals surface area contributed by atoms with Gasteiger partial charge in [0.05, 0.1) is 11.7 Å². The van der Waals surface area contributed by atoms with Crippen LogP contribution < -0.4 is 5.73 Å². The van der Waals surface area contributed by atoms with Gasteiger partial charge < -0.3 is 10.7 Å². The molecule has 0 amide bonds. The lowest BCUT2D eigenvalue weighted by molar-refractivity contribution is 0.667. The van der Waals surface area contributed by atoms with Crippen LogP contribution in [0.2, 0.25) is 0 Å². The molecule has 1 atom stereocenters. The van der Waals surface area contributed by atoms with Gasteiger partial charge in [-0.15, -0.1) is 0 Å². The van der Waals surface area contributed by atoms with E-state index in [1.807, 2.05) is 6.07 Å². The molecule has 3 nitrogen and oxygen atoms in total. The van der Waals surface area contributed by atoms with Crippen molar-refractivity contribution in [2.45, 2.75) is 38.1 Å². The molecular formula is C15H19N3. The van der Waals surface area contributed by atoms with Gasteiger partial charge in [0.25, 0.3) is 0 Å². The first kappa shape index (κ1) is 11.5. The summed E-state index contributed by atoms with van der Waals surface area (Å²) in [6.45, 7) is 0. The van der Waals surface area contributed by atoms with Crippen molar-refractivity contribution in [3.63, 3.8) is 0 Å². The topological polar surface area (TPSA) is 54.7 Å². The van der Waals surface area contributed by atoms with E-state index in [0.717, 1.165) is 25.1 Å². The number of aromatic nitrogens is 2. The molecule has 3 heteroatoms. The van der Waals surface area contributed by atoms with Crippen molar-refractivity contribution in [3.05, 3.63) is 53.1 Å². The molecule has 3 N–H and O–H groups in total. The number of aromatic amines is 1. The largest absolute Gasteiger partial charge is 0.344 e. The number of nitrogens with two attached hydrogens (primary N) is 1. The van der Waals surface area contributed by atoms with Crippen molar-refractivity contribution in [1.82, 2.24) is 9.97 Å². The Morgan fingerprint density at radius 2 is 1.94 bits per heavy atom. The van der Waals surface area contributed by atoms with Crippen molar-refractivity contribution in [1.29, 1.82) is 0 Å². The molecule has 1 heterocycles. The standard InChI is InChI=1S/C15H19N3/c16-12(10-11-6-2-1-3-7-11)15-17-13-8-4-5-9-14(13)18-15/h1-3,6-7,12H,4-5,8-10,16H2,(H,17,18)/t12-/m1/s1. The van der Waals surface area contributed by atoms with E-state index in [0.29, 0.717) is 0 Å². The molecule has 94 valence electrons. The second kappa shape index (κ2) is 4.94. The quantitative estimate of drug-likeness (QED) is 0.867. The number of rotatable bonds is 3. The van der Waals surface area contributed by atoms with Crippen LogP contribution in [0.3, 0.4) is 0 Å². The summed E-state index contributed by atoms with van der Waals surface area (Å²) >= 11 is 0. The van der Waals surface area contributed by atoms with Crippen molar-refractivity contribution in [2.24, 2.45) is 5.73 Å². The number of nitrogens with zero attached hydrogens (tertiary/aromatic N) is 1. The Labute approximate surface area is 107 Å². The molecule has 0 aliphatic heterocycles. The fourth-order valence-electron chi connectivity index (χ4n) is 2.62. The molecular weight excluding hydrogens is 222 g/mol. The van der Waals surface area contributed by atoms with E-state index in [4.69, 9.17) is 5.73 Å². The second-order valence-electron chi connectivity index (χ2n) is 5.05. The van der Waals surface area contributed by atoms with E-state index >= 15 is 0 Å². The van der Waals surface area contributed by atoms with Gasteiger partial charge in [-0.3, -0.25) is 0 Å². The van der Waals surface area contributed by atoms with Crippen LogP contribution in [-0.4, -0.2) is 9.97 Å². The van der Waals surface area contributed by atoms with Gasteiger partial charge >= 0.3 is 0 Å². The fourth-order valence-corrected chi connectivity index (χ4v) is 2.62. The van der Waals surface area contributed by atoms with Crippen LogP contribution in [0.5, 0.6) is 0 Å². The fraction of sp³-hybridized carbons (Fsp3) is 0.400. The maximum Gasteiger partial charge on any atom is 0.123 e. The maximum absolute atomic E-state index is 6.25. The zero-order valence-electron chi connectivity index (χ0n) is 10.5. The Kier molecular flexibility index (Phi) is 3.15. The van der Waals surface area contributed by atoms with E-state index in [2.05, 4.69) is 34.2 Å². The van der Waals surface area contributed by atoms with Gasteiger partial charge in [-0.1, -0.05) is 30.3 Å². The average molecular weight is 241 g/mol. The Hall–Kier alpha value is -1.61. The first-order valence-corrected chi connectivity index (χ1v) is 6.70. The van der Waals surface area contributed by atoms with Crippen molar-refractivity contribution < 1.29 is 0 Å². The first-order valence-electron chi connectivity index (χ1n) is 6.70. The minimum Gasteiger partial charge on any atom is -0.344 e. The molecule has 0 fully saturated rings. The van der Waals surface area contributed by atoms with Crippen molar-refractivity contribution >= 4 is 0 Å². The molecule has 0 spiro atoms. The van der Waals surface area contributed by atoms with Crippen molar-refractivity contribution in [3.8, 4) is 0 Å². The lowest BCUT2D eigenvalue weighted by Gasteiger charge is -2.08. The minimum atomic E-state index is -0.0296. The minimum absolute atomic E-state index is 0.0296. The van der Waals surface area contributed by atoms with E-state index < -0.39 is 0 Å².